The number of nitrogens with two attached hydrogens (primary N) is 1. The third-order valence-electron chi connectivity index (χ3n) is 2.87. The number of thiophene rings is 1. The maximum Gasteiger partial charge on any atom is 0.131 e. The lowest BCUT2D eigenvalue weighted by molar-refractivity contribution is 0.925. The molecule has 0 radical (unpaired) electrons. The molecule has 0 aliphatic heterocycles. The summed E-state index contributed by atoms with van der Waals surface area (Å²) in [7, 11) is 2.00. The van der Waals surface area contributed by atoms with Gasteiger partial charge in [0.2, 0.25) is 0 Å². The van der Waals surface area contributed by atoms with Crippen LogP contribution in [-0.4, -0.2) is 13.3 Å². The standard InChI is InChI=1S/C14H14ClN3S2/c1-18(8-9-3-5-10(15)6-4-9)14-13(19-2)12(17)11(7-16)20-14/h3-6H,8,17H2,1-2H3. The van der Waals surface area contributed by atoms with E-state index in [1.54, 1.807) is 11.8 Å². The van der Waals surface area contributed by atoms with Crippen LogP contribution < -0.4 is 10.6 Å². The minimum Gasteiger partial charge on any atom is -0.396 e. The first-order valence-electron chi connectivity index (χ1n) is 5.88. The molecule has 2 N–H and O–H groups in total. The van der Waals surface area contributed by atoms with Gasteiger partial charge in [-0.15, -0.1) is 23.1 Å². The van der Waals surface area contributed by atoms with E-state index >= 15 is 0 Å². The van der Waals surface area contributed by atoms with Gasteiger partial charge < -0.3 is 10.6 Å². The summed E-state index contributed by atoms with van der Waals surface area (Å²) in [5, 5.41) is 10.9. The van der Waals surface area contributed by atoms with Gasteiger partial charge in [-0.05, 0) is 24.0 Å². The maximum atomic E-state index is 9.09. The number of thioether (sulfide) groups is 1. The topological polar surface area (TPSA) is 53.0 Å². The van der Waals surface area contributed by atoms with E-state index in [1.807, 2.05) is 37.6 Å². The first-order chi connectivity index (χ1) is 9.56. The van der Waals surface area contributed by atoms with Crippen LogP contribution in [0.5, 0.6) is 0 Å². The van der Waals surface area contributed by atoms with Gasteiger partial charge in [0.05, 0.1) is 10.6 Å². The molecule has 0 unspecified atom stereocenters. The lowest BCUT2D eigenvalue weighted by atomic mass is 10.2. The van der Waals surface area contributed by atoms with E-state index < -0.39 is 0 Å². The normalized spacial score (nSPS) is 10.3. The van der Waals surface area contributed by atoms with E-state index in [0.717, 1.165) is 27.0 Å². The van der Waals surface area contributed by atoms with Gasteiger partial charge in [-0.3, -0.25) is 0 Å². The molecule has 104 valence electrons. The van der Waals surface area contributed by atoms with Gasteiger partial charge in [0, 0.05) is 18.6 Å². The van der Waals surface area contributed by atoms with Crippen molar-refractivity contribution in [1.29, 1.82) is 5.26 Å². The Morgan fingerprint density at radius 3 is 2.60 bits per heavy atom. The highest BCUT2D eigenvalue weighted by Gasteiger charge is 2.18. The highest BCUT2D eigenvalue weighted by Crippen LogP contribution is 2.43. The lowest BCUT2D eigenvalue weighted by Crippen LogP contribution is -2.15. The van der Waals surface area contributed by atoms with Crippen molar-refractivity contribution in [2.75, 3.05) is 23.9 Å². The molecule has 0 spiro atoms. The zero-order valence-corrected chi connectivity index (χ0v) is 13.6. The van der Waals surface area contributed by atoms with Crippen LogP contribution in [0.15, 0.2) is 29.2 Å². The number of nitriles is 1. The molecule has 0 amide bonds. The molecule has 20 heavy (non-hydrogen) atoms. The second kappa shape index (κ2) is 6.40. The molecule has 0 atom stereocenters. The van der Waals surface area contributed by atoms with E-state index in [1.165, 1.54) is 11.3 Å². The summed E-state index contributed by atoms with van der Waals surface area (Å²) in [6.45, 7) is 0.746. The Kier molecular flexibility index (Phi) is 4.81. The minimum absolute atomic E-state index is 0.576. The van der Waals surface area contributed by atoms with Gasteiger partial charge in [-0.2, -0.15) is 5.26 Å². The van der Waals surface area contributed by atoms with E-state index in [4.69, 9.17) is 22.6 Å². The fourth-order valence-corrected chi connectivity index (χ4v) is 3.98. The number of hydrogen-bond acceptors (Lipinski definition) is 5. The van der Waals surface area contributed by atoms with E-state index in [-0.39, 0.29) is 0 Å². The SMILES string of the molecule is CSc1c(N(C)Cc2ccc(Cl)cc2)sc(C#N)c1N. The van der Waals surface area contributed by atoms with Crippen molar-refractivity contribution in [1.82, 2.24) is 0 Å². The van der Waals surface area contributed by atoms with Gasteiger partial charge in [0.1, 0.15) is 15.9 Å². The van der Waals surface area contributed by atoms with E-state index in [2.05, 4.69) is 11.0 Å². The van der Waals surface area contributed by atoms with Crippen LogP contribution in [0, 0.1) is 11.3 Å². The van der Waals surface area contributed by atoms with Gasteiger partial charge in [0.15, 0.2) is 0 Å². The van der Waals surface area contributed by atoms with Crippen LogP contribution in [0.4, 0.5) is 10.7 Å². The molecule has 0 aliphatic rings. The van der Waals surface area contributed by atoms with Crippen molar-refractivity contribution in [2.24, 2.45) is 0 Å². The van der Waals surface area contributed by atoms with Crippen LogP contribution in [0.3, 0.4) is 0 Å². The molecule has 2 aromatic rings. The second-order valence-corrected chi connectivity index (χ2v) is 6.53. The molecule has 3 nitrogen and oxygen atoms in total. The van der Waals surface area contributed by atoms with Gasteiger partial charge >= 0.3 is 0 Å². The smallest absolute Gasteiger partial charge is 0.131 e. The second-order valence-electron chi connectivity index (χ2n) is 4.28. The predicted molar refractivity (Wildman–Crippen MR) is 88.8 cm³/mol. The van der Waals surface area contributed by atoms with Gasteiger partial charge in [-0.25, -0.2) is 0 Å². The summed E-state index contributed by atoms with van der Waals surface area (Å²) in [6, 6.07) is 9.91. The maximum absolute atomic E-state index is 9.09. The van der Waals surface area contributed by atoms with E-state index in [9.17, 15) is 0 Å². The van der Waals surface area contributed by atoms with Crippen molar-refractivity contribution >= 4 is 45.4 Å². The van der Waals surface area contributed by atoms with Crippen LogP contribution in [-0.2, 0) is 6.54 Å². The van der Waals surface area contributed by atoms with Gasteiger partial charge in [-0.1, -0.05) is 23.7 Å². The Balaban J connectivity index is 2.27. The number of anilines is 2. The van der Waals surface area contributed by atoms with Crippen molar-refractivity contribution < 1.29 is 0 Å². The first-order valence-corrected chi connectivity index (χ1v) is 8.30. The lowest BCUT2D eigenvalue weighted by Gasteiger charge is -2.19. The number of rotatable bonds is 4. The van der Waals surface area contributed by atoms with Crippen molar-refractivity contribution in [3.63, 3.8) is 0 Å². The average molecular weight is 324 g/mol. The number of benzene rings is 1. The summed E-state index contributed by atoms with van der Waals surface area (Å²) < 4.78 is 0. The van der Waals surface area contributed by atoms with Crippen LogP contribution >= 0.6 is 34.7 Å². The van der Waals surface area contributed by atoms with Crippen molar-refractivity contribution in [2.45, 2.75) is 11.4 Å². The zero-order chi connectivity index (χ0) is 14.7. The molecule has 1 aromatic carbocycles. The Labute approximate surface area is 132 Å². The highest BCUT2D eigenvalue weighted by atomic mass is 35.5. The fourth-order valence-electron chi connectivity index (χ4n) is 1.88. The van der Waals surface area contributed by atoms with E-state index in [0.29, 0.717) is 10.6 Å². The first kappa shape index (κ1) is 15.0. The molecule has 0 bridgehead atoms. The van der Waals surface area contributed by atoms with Gasteiger partial charge in [0.25, 0.3) is 0 Å². The zero-order valence-electron chi connectivity index (χ0n) is 11.2. The Morgan fingerprint density at radius 2 is 2.05 bits per heavy atom. The summed E-state index contributed by atoms with van der Waals surface area (Å²) >= 11 is 8.89. The summed E-state index contributed by atoms with van der Waals surface area (Å²) in [4.78, 5) is 3.66. The molecule has 1 aromatic heterocycles. The van der Waals surface area contributed by atoms with Crippen molar-refractivity contribution in [3.05, 3.63) is 39.7 Å². The fraction of sp³-hybridized carbons (Fsp3) is 0.214. The number of hydrogen-bond donors (Lipinski definition) is 1. The monoisotopic (exact) mass is 323 g/mol. The minimum atomic E-state index is 0.576. The third kappa shape index (κ3) is 3.04. The quantitative estimate of drug-likeness (QED) is 0.856. The molecule has 0 fully saturated rings. The predicted octanol–water partition coefficient (Wildman–Crippen LogP) is 4.21. The molecular formula is C14H14ClN3S2. The number of nitrogens with zero attached hydrogens (tertiary/aromatic N) is 2. The average Bonchev–Trinajstić information content (AvgIpc) is 2.77. The highest BCUT2D eigenvalue weighted by molar-refractivity contribution is 7.99. The molecule has 0 aliphatic carbocycles. The molecule has 0 saturated heterocycles. The molecular weight excluding hydrogens is 310 g/mol. The summed E-state index contributed by atoms with van der Waals surface area (Å²) in [5.41, 5.74) is 7.75. The molecule has 1 heterocycles. The third-order valence-corrected chi connectivity index (χ3v) is 5.29. The number of halogens is 1. The molecule has 2 rings (SSSR count). The Morgan fingerprint density at radius 1 is 1.40 bits per heavy atom. The summed E-state index contributed by atoms with van der Waals surface area (Å²) in [6.07, 6.45) is 1.97. The van der Waals surface area contributed by atoms with Crippen LogP contribution in [0.2, 0.25) is 5.02 Å². The Hall–Kier alpha value is -1.35. The number of nitrogen functional groups attached to an aromatic ring is 1. The molecule has 0 saturated carbocycles. The Bertz CT molecular complexity index is 644. The molecule has 6 heteroatoms. The van der Waals surface area contributed by atoms with Crippen molar-refractivity contribution in [3.8, 4) is 6.07 Å². The largest absolute Gasteiger partial charge is 0.396 e. The van der Waals surface area contributed by atoms with Crippen LogP contribution in [0.1, 0.15) is 10.4 Å². The van der Waals surface area contributed by atoms with Crippen LogP contribution in [0.25, 0.3) is 0 Å². The summed E-state index contributed by atoms with van der Waals surface area (Å²) in [5.74, 6) is 0.